The Kier molecular flexibility index (Phi) is 5.42. The average Bonchev–Trinajstić information content (AvgIpc) is 2.54. The number of anilines is 1. The maximum atomic E-state index is 12.3. The van der Waals surface area contributed by atoms with Crippen LogP contribution in [0.5, 0.6) is 11.5 Å². The van der Waals surface area contributed by atoms with Crippen molar-refractivity contribution in [1.82, 2.24) is 0 Å². The number of aromatic carboxylic acids is 1. The molecule has 0 heterocycles. The minimum Gasteiger partial charge on any atom is -0.495 e. The Morgan fingerprint density at radius 1 is 1.04 bits per heavy atom. The van der Waals surface area contributed by atoms with Gasteiger partial charge in [-0.05, 0) is 56.3 Å². The van der Waals surface area contributed by atoms with E-state index >= 15 is 0 Å². The summed E-state index contributed by atoms with van der Waals surface area (Å²) in [6.07, 6.45) is 0.0488. The van der Waals surface area contributed by atoms with Crippen molar-refractivity contribution in [3.05, 3.63) is 53.6 Å². The topological polar surface area (TPSA) is 84.9 Å². The first-order valence-electron chi connectivity index (χ1n) is 7.40. The van der Waals surface area contributed by atoms with Crippen LogP contribution in [0.2, 0.25) is 0 Å². The first-order valence-corrected chi connectivity index (χ1v) is 7.40. The van der Waals surface area contributed by atoms with Crippen molar-refractivity contribution in [1.29, 1.82) is 0 Å². The molecule has 0 aliphatic heterocycles. The number of methoxy groups -OCH3 is 1. The molecule has 0 unspecified atom stereocenters. The highest BCUT2D eigenvalue weighted by atomic mass is 16.5. The second-order valence-electron chi connectivity index (χ2n) is 5.37. The van der Waals surface area contributed by atoms with Crippen molar-refractivity contribution < 1.29 is 24.2 Å². The third kappa shape index (κ3) is 4.25. The lowest BCUT2D eigenvalue weighted by atomic mass is 10.1. The van der Waals surface area contributed by atoms with Gasteiger partial charge in [-0.1, -0.05) is 0 Å². The van der Waals surface area contributed by atoms with Gasteiger partial charge in [0, 0.05) is 5.56 Å². The Morgan fingerprint density at radius 3 is 2.21 bits per heavy atom. The number of carbonyl (C=O) groups excluding carboxylic acids is 1. The summed E-state index contributed by atoms with van der Waals surface area (Å²) < 4.78 is 10.7. The Labute approximate surface area is 140 Å². The fourth-order valence-electron chi connectivity index (χ4n) is 2.09. The lowest BCUT2D eigenvalue weighted by molar-refractivity contribution is 0.0696. The molecule has 0 atom stereocenters. The number of carbonyl (C=O) groups is 2. The van der Waals surface area contributed by atoms with E-state index in [1.165, 1.54) is 25.3 Å². The maximum Gasteiger partial charge on any atom is 0.335 e. The number of ether oxygens (including phenoxy) is 2. The summed E-state index contributed by atoms with van der Waals surface area (Å²) >= 11 is 0. The maximum absolute atomic E-state index is 12.3. The van der Waals surface area contributed by atoms with Crippen LogP contribution in [0.15, 0.2) is 42.5 Å². The number of nitrogens with one attached hydrogen (secondary N) is 1. The third-order valence-electron chi connectivity index (χ3n) is 3.18. The molecule has 0 aromatic heterocycles. The molecular weight excluding hydrogens is 310 g/mol. The van der Waals surface area contributed by atoms with E-state index in [0.717, 1.165) is 0 Å². The van der Waals surface area contributed by atoms with Gasteiger partial charge in [-0.25, -0.2) is 4.79 Å². The summed E-state index contributed by atoms with van der Waals surface area (Å²) in [7, 11) is 1.45. The molecule has 24 heavy (non-hydrogen) atoms. The lowest BCUT2D eigenvalue weighted by Crippen LogP contribution is -2.13. The van der Waals surface area contributed by atoms with Gasteiger partial charge in [0.1, 0.15) is 11.5 Å². The van der Waals surface area contributed by atoms with Crippen molar-refractivity contribution in [2.24, 2.45) is 0 Å². The van der Waals surface area contributed by atoms with Crippen LogP contribution >= 0.6 is 0 Å². The molecule has 0 bridgehead atoms. The molecule has 2 aromatic carbocycles. The summed E-state index contributed by atoms with van der Waals surface area (Å²) in [4.78, 5) is 23.4. The van der Waals surface area contributed by atoms with Crippen molar-refractivity contribution in [2.75, 3.05) is 12.4 Å². The lowest BCUT2D eigenvalue weighted by Gasteiger charge is -2.12. The van der Waals surface area contributed by atoms with Gasteiger partial charge < -0.3 is 19.9 Å². The number of hydrogen-bond donors (Lipinski definition) is 2. The second kappa shape index (κ2) is 7.50. The Bertz CT molecular complexity index is 738. The van der Waals surface area contributed by atoms with Gasteiger partial charge in [0.05, 0.1) is 24.5 Å². The summed E-state index contributed by atoms with van der Waals surface area (Å²) in [5, 5.41) is 11.7. The quantitative estimate of drug-likeness (QED) is 0.848. The smallest absolute Gasteiger partial charge is 0.335 e. The molecule has 0 fully saturated rings. The van der Waals surface area contributed by atoms with E-state index in [9.17, 15) is 9.59 Å². The Hall–Kier alpha value is -3.02. The summed E-state index contributed by atoms with van der Waals surface area (Å²) in [6, 6.07) is 11.0. The molecule has 6 nitrogen and oxygen atoms in total. The molecule has 1 amide bonds. The number of carboxylic acids is 1. The first-order chi connectivity index (χ1) is 11.4. The minimum absolute atomic E-state index is 0.0488. The van der Waals surface area contributed by atoms with E-state index in [2.05, 4.69) is 5.32 Å². The van der Waals surface area contributed by atoms with Gasteiger partial charge in [-0.15, -0.1) is 0 Å². The predicted octanol–water partition coefficient (Wildman–Crippen LogP) is 3.43. The molecule has 2 aromatic rings. The van der Waals surface area contributed by atoms with Crippen LogP contribution in [0.3, 0.4) is 0 Å². The molecule has 0 saturated carbocycles. The average molecular weight is 329 g/mol. The zero-order chi connectivity index (χ0) is 17.7. The van der Waals surface area contributed by atoms with Crippen LogP contribution in [0.1, 0.15) is 34.6 Å². The zero-order valence-electron chi connectivity index (χ0n) is 13.7. The van der Waals surface area contributed by atoms with Crippen molar-refractivity contribution in [3.8, 4) is 11.5 Å². The fourth-order valence-corrected chi connectivity index (χ4v) is 2.09. The molecule has 0 aliphatic rings. The molecule has 126 valence electrons. The van der Waals surface area contributed by atoms with E-state index in [-0.39, 0.29) is 17.6 Å². The van der Waals surface area contributed by atoms with Crippen molar-refractivity contribution >= 4 is 17.6 Å². The number of amides is 1. The van der Waals surface area contributed by atoms with Gasteiger partial charge in [-0.3, -0.25) is 4.79 Å². The van der Waals surface area contributed by atoms with Crippen LogP contribution in [0, 0.1) is 0 Å². The molecule has 0 saturated heterocycles. The van der Waals surface area contributed by atoms with E-state index in [4.69, 9.17) is 14.6 Å². The highest BCUT2D eigenvalue weighted by molar-refractivity contribution is 6.05. The standard InChI is InChI=1S/C18H19NO5/c1-11(2)24-14-7-4-12(5-8-14)17(20)19-15-10-13(18(21)22)6-9-16(15)23-3/h4-11H,1-3H3,(H,19,20)(H,21,22). The number of hydrogen-bond acceptors (Lipinski definition) is 4. The Balaban J connectivity index is 2.19. The predicted molar refractivity (Wildman–Crippen MR) is 90.1 cm³/mol. The molecular formula is C18H19NO5. The molecule has 0 radical (unpaired) electrons. The molecule has 0 spiro atoms. The first kappa shape index (κ1) is 17.3. The van der Waals surface area contributed by atoms with Crippen LogP contribution in [-0.4, -0.2) is 30.2 Å². The van der Waals surface area contributed by atoms with Crippen LogP contribution in [0.4, 0.5) is 5.69 Å². The molecule has 2 N–H and O–H groups in total. The summed E-state index contributed by atoms with van der Waals surface area (Å²) in [5.41, 5.74) is 0.783. The minimum atomic E-state index is -1.08. The highest BCUT2D eigenvalue weighted by Gasteiger charge is 2.13. The summed E-state index contributed by atoms with van der Waals surface area (Å²) in [5.74, 6) is -0.393. The van der Waals surface area contributed by atoms with Gasteiger partial charge >= 0.3 is 5.97 Å². The molecule has 6 heteroatoms. The van der Waals surface area contributed by atoms with Crippen LogP contribution < -0.4 is 14.8 Å². The monoisotopic (exact) mass is 329 g/mol. The molecule has 0 aliphatic carbocycles. The van der Waals surface area contributed by atoms with Gasteiger partial charge in [-0.2, -0.15) is 0 Å². The van der Waals surface area contributed by atoms with Gasteiger partial charge in [0.15, 0.2) is 0 Å². The number of carboxylic acid groups (broad SMARTS) is 1. The van der Waals surface area contributed by atoms with Crippen molar-refractivity contribution in [3.63, 3.8) is 0 Å². The number of rotatable bonds is 6. The largest absolute Gasteiger partial charge is 0.495 e. The van der Waals surface area contributed by atoms with E-state index in [0.29, 0.717) is 22.7 Å². The third-order valence-corrected chi connectivity index (χ3v) is 3.18. The molecule has 2 rings (SSSR count). The van der Waals surface area contributed by atoms with Crippen molar-refractivity contribution in [2.45, 2.75) is 20.0 Å². The van der Waals surface area contributed by atoms with E-state index < -0.39 is 5.97 Å². The second-order valence-corrected chi connectivity index (χ2v) is 5.37. The van der Waals surface area contributed by atoms with E-state index in [1.54, 1.807) is 24.3 Å². The fraction of sp³-hybridized carbons (Fsp3) is 0.222. The zero-order valence-corrected chi connectivity index (χ0v) is 13.7. The van der Waals surface area contributed by atoms with Gasteiger partial charge in [0.25, 0.3) is 5.91 Å². The van der Waals surface area contributed by atoms with Gasteiger partial charge in [0.2, 0.25) is 0 Å². The van der Waals surface area contributed by atoms with Crippen LogP contribution in [-0.2, 0) is 0 Å². The normalized spacial score (nSPS) is 10.3. The summed E-state index contributed by atoms with van der Waals surface area (Å²) in [6.45, 7) is 3.84. The van der Waals surface area contributed by atoms with Crippen LogP contribution in [0.25, 0.3) is 0 Å². The SMILES string of the molecule is COc1ccc(C(=O)O)cc1NC(=O)c1ccc(OC(C)C)cc1. The highest BCUT2D eigenvalue weighted by Crippen LogP contribution is 2.26. The Morgan fingerprint density at radius 2 is 1.67 bits per heavy atom. The van der Waals surface area contributed by atoms with E-state index in [1.807, 2.05) is 13.8 Å². The number of benzene rings is 2.